The van der Waals surface area contributed by atoms with Crippen molar-refractivity contribution < 1.29 is 12.8 Å². The molecule has 0 amide bonds. The predicted octanol–water partition coefficient (Wildman–Crippen LogP) is 3.45. The Kier molecular flexibility index (Phi) is 7.91. The van der Waals surface area contributed by atoms with Crippen LogP contribution in [0.5, 0.6) is 0 Å². The molecule has 2 aliphatic rings. The van der Waals surface area contributed by atoms with E-state index in [1.165, 1.54) is 62.8 Å². The lowest BCUT2D eigenvalue weighted by molar-refractivity contribution is 0.203. The zero-order valence-electron chi connectivity index (χ0n) is 15.8. The summed E-state index contributed by atoms with van der Waals surface area (Å²) in [5, 5.41) is 3.15. The van der Waals surface area contributed by atoms with Crippen molar-refractivity contribution >= 4 is 39.8 Å². The number of halogens is 2. The predicted molar refractivity (Wildman–Crippen MR) is 117 cm³/mol. The van der Waals surface area contributed by atoms with Gasteiger partial charge in [-0.15, -0.1) is 24.0 Å². The number of rotatable bonds is 4. The first-order chi connectivity index (χ1) is 12.5. The molecule has 0 bridgehead atoms. The second-order valence-corrected chi connectivity index (χ2v) is 9.53. The fraction of sp³-hybridized carbons (Fsp3) is 0.632. The molecule has 0 unspecified atom stereocenters. The smallest absolute Gasteiger partial charge is 0.193 e. The summed E-state index contributed by atoms with van der Waals surface area (Å²) >= 11 is 0. The standard InChI is InChI=1S/C19H28FN3O2S.HI/c1-21-18(23-13-11-19(15-23)9-5-2-6-10-19)22-12-14-26(24,25)17-8-4-3-7-16(17)20;/h3-4,7-8H,2,5-6,9-15H2,1H3,(H,21,22);1H. The summed E-state index contributed by atoms with van der Waals surface area (Å²) in [7, 11) is -1.93. The minimum absolute atomic E-state index is 0. The molecule has 1 saturated carbocycles. The topological polar surface area (TPSA) is 61.8 Å². The molecule has 0 aromatic heterocycles. The molecule has 1 aliphatic heterocycles. The monoisotopic (exact) mass is 509 g/mol. The Hall–Kier alpha value is -0.900. The molecule has 1 aromatic carbocycles. The Balaban J connectivity index is 0.00000261. The fourth-order valence-corrected chi connectivity index (χ4v) is 5.50. The maximum Gasteiger partial charge on any atom is 0.193 e. The molecule has 1 heterocycles. The summed E-state index contributed by atoms with van der Waals surface area (Å²) in [6, 6.07) is 5.51. The van der Waals surface area contributed by atoms with Gasteiger partial charge in [-0.1, -0.05) is 31.4 Å². The van der Waals surface area contributed by atoms with Crippen LogP contribution in [0.2, 0.25) is 0 Å². The molecule has 0 atom stereocenters. The average Bonchev–Trinajstić information content (AvgIpc) is 3.02. The maximum absolute atomic E-state index is 13.8. The van der Waals surface area contributed by atoms with Crippen molar-refractivity contribution in [1.82, 2.24) is 10.2 Å². The summed E-state index contributed by atoms with van der Waals surface area (Å²) < 4.78 is 38.5. The molecular weight excluding hydrogens is 480 g/mol. The van der Waals surface area contributed by atoms with Crippen molar-refractivity contribution in [3.8, 4) is 0 Å². The third-order valence-corrected chi connectivity index (χ3v) is 7.43. The van der Waals surface area contributed by atoms with Gasteiger partial charge >= 0.3 is 0 Å². The average molecular weight is 509 g/mol. The van der Waals surface area contributed by atoms with Crippen LogP contribution in [-0.4, -0.2) is 51.7 Å². The van der Waals surface area contributed by atoms with Crippen LogP contribution in [0, 0.1) is 11.2 Å². The van der Waals surface area contributed by atoms with Crippen LogP contribution in [0.25, 0.3) is 0 Å². The summed E-state index contributed by atoms with van der Waals surface area (Å²) in [6.07, 6.45) is 7.69. The van der Waals surface area contributed by atoms with Gasteiger partial charge in [0.2, 0.25) is 0 Å². The molecule has 8 heteroatoms. The van der Waals surface area contributed by atoms with E-state index in [9.17, 15) is 12.8 Å². The van der Waals surface area contributed by atoms with Gasteiger partial charge in [-0.05, 0) is 36.8 Å². The van der Waals surface area contributed by atoms with Gasteiger partial charge < -0.3 is 10.2 Å². The van der Waals surface area contributed by atoms with E-state index < -0.39 is 15.7 Å². The molecule has 1 N–H and O–H groups in total. The maximum atomic E-state index is 13.8. The lowest BCUT2D eigenvalue weighted by Crippen LogP contribution is -2.43. The third-order valence-electron chi connectivity index (χ3n) is 5.69. The van der Waals surface area contributed by atoms with E-state index in [0.29, 0.717) is 5.41 Å². The van der Waals surface area contributed by atoms with Crippen LogP contribution in [0.4, 0.5) is 4.39 Å². The van der Waals surface area contributed by atoms with Gasteiger partial charge in [0.15, 0.2) is 15.8 Å². The lowest BCUT2D eigenvalue weighted by atomic mass is 9.73. The fourth-order valence-electron chi connectivity index (χ4n) is 4.26. The normalized spacial score (nSPS) is 19.8. The van der Waals surface area contributed by atoms with Gasteiger partial charge in [-0.2, -0.15) is 0 Å². The Labute approximate surface area is 178 Å². The molecule has 3 rings (SSSR count). The van der Waals surface area contributed by atoms with Crippen molar-refractivity contribution in [3.63, 3.8) is 0 Å². The highest BCUT2D eigenvalue weighted by Gasteiger charge is 2.39. The molecule has 2 fully saturated rings. The van der Waals surface area contributed by atoms with E-state index in [1.807, 2.05) is 0 Å². The molecule has 1 aliphatic carbocycles. The van der Waals surface area contributed by atoms with Crippen LogP contribution in [0.1, 0.15) is 38.5 Å². The molecule has 27 heavy (non-hydrogen) atoms. The van der Waals surface area contributed by atoms with Gasteiger partial charge in [0.1, 0.15) is 10.7 Å². The molecule has 1 spiro atoms. The zero-order chi connectivity index (χ0) is 18.6. The van der Waals surface area contributed by atoms with Crippen LogP contribution < -0.4 is 5.32 Å². The number of benzene rings is 1. The summed E-state index contributed by atoms with van der Waals surface area (Å²) in [5.41, 5.74) is 0.412. The van der Waals surface area contributed by atoms with E-state index >= 15 is 0 Å². The van der Waals surface area contributed by atoms with Gasteiger partial charge in [0, 0.05) is 26.7 Å². The first-order valence-corrected chi connectivity index (χ1v) is 11.0. The Bertz CT molecular complexity index is 764. The number of nitrogens with zero attached hydrogens (tertiary/aromatic N) is 2. The lowest BCUT2D eigenvalue weighted by Gasteiger charge is -2.33. The van der Waals surface area contributed by atoms with Crippen LogP contribution in [-0.2, 0) is 9.84 Å². The van der Waals surface area contributed by atoms with E-state index in [-0.39, 0.29) is 41.2 Å². The van der Waals surface area contributed by atoms with Crippen LogP contribution in [0.3, 0.4) is 0 Å². The second kappa shape index (κ2) is 9.54. The van der Waals surface area contributed by atoms with E-state index in [4.69, 9.17) is 0 Å². The SMILES string of the molecule is CN=C(NCCS(=O)(=O)c1ccccc1F)N1CCC2(CCCCC2)C1.I. The summed E-state index contributed by atoms with van der Waals surface area (Å²) in [6.45, 7) is 2.17. The highest BCUT2D eigenvalue weighted by Crippen LogP contribution is 2.43. The molecule has 0 radical (unpaired) electrons. The van der Waals surface area contributed by atoms with Gasteiger partial charge in [-0.3, -0.25) is 4.99 Å². The number of hydrogen-bond acceptors (Lipinski definition) is 3. The van der Waals surface area contributed by atoms with Crippen molar-refractivity contribution in [2.45, 2.75) is 43.4 Å². The molecule has 5 nitrogen and oxygen atoms in total. The summed E-state index contributed by atoms with van der Waals surface area (Å²) in [5.74, 6) is -0.113. The van der Waals surface area contributed by atoms with Crippen molar-refractivity contribution in [2.24, 2.45) is 10.4 Å². The first-order valence-electron chi connectivity index (χ1n) is 9.39. The first kappa shape index (κ1) is 22.4. The third kappa shape index (κ3) is 5.34. The van der Waals surface area contributed by atoms with Gasteiger partial charge in [0.05, 0.1) is 5.75 Å². The molecular formula is C19H29FIN3O2S. The van der Waals surface area contributed by atoms with Crippen LogP contribution >= 0.6 is 24.0 Å². The highest BCUT2D eigenvalue weighted by molar-refractivity contribution is 14.0. The van der Waals surface area contributed by atoms with Crippen LogP contribution in [0.15, 0.2) is 34.2 Å². The molecule has 152 valence electrons. The Morgan fingerprint density at radius 2 is 1.93 bits per heavy atom. The Morgan fingerprint density at radius 1 is 1.22 bits per heavy atom. The van der Waals surface area contributed by atoms with E-state index in [1.54, 1.807) is 7.05 Å². The quantitative estimate of drug-likeness (QED) is 0.384. The zero-order valence-corrected chi connectivity index (χ0v) is 18.9. The largest absolute Gasteiger partial charge is 0.355 e. The van der Waals surface area contributed by atoms with Gasteiger partial charge in [-0.25, -0.2) is 12.8 Å². The molecule has 1 saturated heterocycles. The number of sulfone groups is 1. The minimum Gasteiger partial charge on any atom is -0.355 e. The van der Waals surface area contributed by atoms with Gasteiger partial charge in [0.25, 0.3) is 0 Å². The van der Waals surface area contributed by atoms with Crippen molar-refractivity contribution in [3.05, 3.63) is 30.1 Å². The number of hydrogen-bond donors (Lipinski definition) is 1. The Morgan fingerprint density at radius 3 is 2.59 bits per heavy atom. The van der Waals surface area contributed by atoms with Crippen molar-refractivity contribution in [2.75, 3.05) is 32.4 Å². The number of aliphatic imine (C=N–C) groups is 1. The van der Waals surface area contributed by atoms with Crippen molar-refractivity contribution in [1.29, 1.82) is 0 Å². The van der Waals surface area contributed by atoms with E-state index in [2.05, 4.69) is 15.2 Å². The highest BCUT2D eigenvalue weighted by atomic mass is 127. The van der Waals surface area contributed by atoms with E-state index in [0.717, 1.165) is 19.0 Å². The number of likely N-dealkylation sites (tertiary alicyclic amines) is 1. The minimum atomic E-state index is -3.66. The second-order valence-electron chi connectivity index (χ2n) is 7.46. The molecule has 1 aromatic rings. The number of nitrogens with one attached hydrogen (secondary N) is 1. The number of guanidine groups is 1. The summed E-state index contributed by atoms with van der Waals surface area (Å²) in [4.78, 5) is 6.32.